The van der Waals surface area contributed by atoms with Crippen LogP contribution in [0.3, 0.4) is 0 Å². The number of methoxy groups -OCH3 is 1. The normalized spacial score (nSPS) is 23.6. The summed E-state index contributed by atoms with van der Waals surface area (Å²) in [6.45, 7) is 6.86. The summed E-state index contributed by atoms with van der Waals surface area (Å²) >= 11 is 0. The number of benzene rings is 1. The Morgan fingerprint density at radius 2 is 2.04 bits per heavy atom. The maximum Gasteiger partial charge on any atom is 0.337 e. The Bertz CT molecular complexity index is 755. The zero-order chi connectivity index (χ0) is 20.1. The van der Waals surface area contributed by atoms with Crippen molar-refractivity contribution < 1.29 is 19.1 Å². The van der Waals surface area contributed by atoms with Crippen LogP contribution in [0.15, 0.2) is 29.3 Å². The summed E-state index contributed by atoms with van der Waals surface area (Å²) in [5.74, 6) is -0.460. The number of esters is 1. The predicted molar refractivity (Wildman–Crippen MR) is 102 cm³/mol. The van der Waals surface area contributed by atoms with Crippen molar-refractivity contribution in [3.05, 3.63) is 29.8 Å². The lowest BCUT2D eigenvalue weighted by Crippen LogP contribution is -2.45. The Kier molecular flexibility index (Phi) is 6.39. The molecule has 2 atom stereocenters. The number of hydrogen-bond donors (Lipinski definition) is 2. The van der Waals surface area contributed by atoms with Crippen molar-refractivity contribution in [3.63, 3.8) is 0 Å². The van der Waals surface area contributed by atoms with Gasteiger partial charge in [0.15, 0.2) is 0 Å². The first kappa shape index (κ1) is 20.6. The average molecular weight is 373 g/mol. The second-order valence-electron chi connectivity index (χ2n) is 8.31. The van der Waals surface area contributed by atoms with Gasteiger partial charge in [0.05, 0.1) is 18.7 Å². The first-order chi connectivity index (χ1) is 12.7. The average Bonchev–Trinajstić information content (AvgIpc) is 2.58. The molecule has 0 aliphatic heterocycles. The number of hydrogen-bond acceptors (Lipinski definition) is 5. The van der Waals surface area contributed by atoms with Gasteiger partial charge in [-0.15, -0.1) is 0 Å². The molecule has 0 spiro atoms. The van der Waals surface area contributed by atoms with Gasteiger partial charge in [-0.05, 0) is 48.3 Å². The van der Waals surface area contributed by atoms with E-state index in [1.807, 2.05) is 0 Å². The number of amides is 2. The number of isocyanates is 1. The molecule has 0 aromatic heterocycles. The van der Waals surface area contributed by atoms with Crippen LogP contribution in [0.1, 0.15) is 50.4 Å². The third-order valence-corrected chi connectivity index (χ3v) is 4.87. The van der Waals surface area contributed by atoms with Crippen LogP contribution in [0.5, 0.6) is 0 Å². The van der Waals surface area contributed by atoms with Crippen molar-refractivity contribution in [3.8, 4) is 0 Å². The van der Waals surface area contributed by atoms with E-state index in [2.05, 4.69) is 41.1 Å². The molecule has 1 aromatic carbocycles. The lowest BCUT2D eigenvalue weighted by Gasteiger charge is -2.45. The highest BCUT2D eigenvalue weighted by Gasteiger charge is 2.41. The zero-order valence-corrected chi connectivity index (χ0v) is 16.3. The summed E-state index contributed by atoms with van der Waals surface area (Å²) in [6.07, 6.45) is 4.15. The molecule has 2 amide bonds. The van der Waals surface area contributed by atoms with Gasteiger partial charge in [0, 0.05) is 12.2 Å². The zero-order valence-electron chi connectivity index (χ0n) is 16.3. The Balaban J connectivity index is 1.98. The van der Waals surface area contributed by atoms with Crippen LogP contribution >= 0.6 is 0 Å². The molecule has 0 radical (unpaired) electrons. The number of rotatable bonds is 5. The Morgan fingerprint density at radius 1 is 1.30 bits per heavy atom. The van der Waals surface area contributed by atoms with Crippen LogP contribution in [-0.2, 0) is 9.53 Å². The largest absolute Gasteiger partial charge is 0.465 e. The van der Waals surface area contributed by atoms with Crippen molar-refractivity contribution in [1.82, 2.24) is 5.32 Å². The molecule has 0 heterocycles. The number of anilines is 1. The standard InChI is InChI=1S/C20H27N3O4/c1-19(2)9-16(22-13-24)10-20(3,11-19)12-21-18(26)23-15-7-5-6-14(8-15)17(25)27-4/h5-8,16H,9-12H2,1-4H3,(H2,21,23,26). The summed E-state index contributed by atoms with van der Waals surface area (Å²) < 4.78 is 4.68. The Labute approximate surface area is 159 Å². The highest BCUT2D eigenvalue weighted by Crippen LogP contribution is 2.46. The molecule has 27 heavy (non-hydrogen) atoms. The molecule has 0 saturated heterocycles. The molecule has 2 N–H and O–H groups in total. The molecule has 1 fully saturated rings. The minimum atomic E-state index is -0.460. The van der Waals surface area contributed by atoms with Crippen LogP contribution < -0.4 is 10.6 Å². The second-order valence-corrected chi connectivity index (χ2v) is 8.31. The quantitative estimate of drug-likeness (QED) is 0.469. The molecule has 2 rings (SSSR count). The molecule has 2 unspecified atom stereocenters. The summed E-state index contributed by atoms with van der Waals surface area (Å²) in [7, 11) is 1.31. The van der Waals surface area contributed by atoms with Crippen molar-refractivity contribution in [1.29, 1.82) is 0 Å². The number of nitrogens with zero attached hydrogens (tertiary/aromatic N) is 1. The smallest absolute Gasteiger partial charge is 0.337 e. The van der Waals surface area contributed by atoms with Crippen molar-refractivity contribution >= 4 is 23.8 Å². The van der Waals surface area contributed by atoms with E-state index in [1.54, 1.807) is 30.3 Å². The maximum absolute atomic E-state index is 12.3. The Morgan fingerprint density at radius 3 is 2.70 bits per heavy atom. The summed E-state index contributed by atoms with van der Waals surface area (Å²) in [6, 6.07) is 6.13. The Hall–Kier alpha value is -2.66. The van der Waals surface area contributed by atoms with Crippen molar-refractivity contribution in [2.75, 3.05) is 19.0 Å². The molecule has 1 aliphatic carbocycles. The fourth-order valence-corrected chi connectivity index (χ4v) is 4.19. The number of ether oxygens (including phenoxy) is 1. The van der Waals surface area contributed by atoms with E-state index in [4.69, 9.17) is 0 Å². The minimum Gasteiger partial charge on any atom is -0.465 e. The van der Waals surface area contributed by atoms with Crippen LogP contribution in [0.25, 0.3) is 0 Å². The molecule has 1 aromatic rings. The number of carbonyl (C=O) groups is 2. The minimum absolute atomic E-state index is 0.0328. The van der Waals surface area contributed by atoms with Gasteiger partial charge in [0.2, 0.25) is 6.08 Å². The first-order valence-corrected chi connectivity index (χ1v) is 8.97. The van der Waals surface area contributed by atoms with Gasteiger partial charge < -0.3 is 15.4 Å². The summed E-state index contributed by atoms with van der Waals surface area (Å²) in [4.78, 5) is 38.5. The van der Waals surface area contributed by atoms with Crippen LogP contribution in [0.4, 0.5) is 10.5 Å². The fraction of sp³-hybridized carbons (Fsp3) is 0.550. The van der Waals surface area contributed by atoms with Gasteiger partial charge in [-0.1, -0.05) is 26.8 Å². The van der Waals surface area contributed by atoms with E-state index in [0.717, 1.165) is 19.3 Å². The molecule has 146 valence electrons. The molecular weight excluding hydrogens is 346 g/mol. The van der Waals surface area contributed by atoms with E-state index in [-0.39, 0.29) is 22.9 Å². The molecule has 0 bridgehead atoms. The van der Waals surface area contributed by atoms with E-state index in [1.165, 1.54) is 7.11 Å². The van der Waals surface area contributed by atoms with Crippen LogP contribution in [0.2, 0.25) is 0 Å². The lowest BCUT2D eigenvalue weighted by molar-refractivity contribution is 0.0600. The molecule has 1 saturated carbocycles. The van der Waals surface area contributed by atoms with Crippen LogP contribution in [-0.4, -0.2) is 37.8 Å². The topological polar surface area (TPSA) is 96.9 Å². The monoisotopic (exact) mass is 373 g/mol. The molecule has 1 aliphatic rings. The van der Waals surface area contributed by atoms with Gasteiger partial charge in [-0.25, -0.2) is 19.4 Å². The van der Waals surface area contributed by atoms with Gasteiger partial charge >= 0.3 is 12.0 Å². The van der Waals surface area contributed by atoms with Gasteiger partial charge in [0.1, 0.15) is 0 Å². The van der Waals surface area contributed by atoms with Gasteiger partial charge in [-0.3, -0.25) is 0 Å². The van der Waals surface area contributed by atoms with E-state index >= 15 is 0 Å². The van der Waals surface area contributed by atoms with E-state index in [0.29, 0.717) is 17.8 Å². The van der Waals surface area contributed by atoms with Crippen molar-refractivity contribution in [2.24, 2.45) is 15.8 Å². The molecular formula is C20H27N3O4. The van der Waals surface area contributed by atoms with E-state index in [9.17, 15) is 14.4 Å². The third-order valence-electron chi connectivity index (χ3n) is 4.87. The van der Waals surface area contributed by atoms with Gasteiger partial charge in [0.25, 0.3) is 0 Å². The van der Waals surface area contributed by atoms with Crippen LogP contribution in [0, 0.1) is 10.8 Å². The van der Waals surface area contributed by atoms with E-state index < -0.39 is 5.97 Å². The summed E-state index contributed by atoms with van der Waals surface area (Å²) in [5, 5.41) is 5.63. The number of carbonyl (C=O) groups excluding carboxylic acids is 3. The summed E-state index contributed by atoms with van der Waals surface area (Å²) in [5.41, 5.74) is 0.738. The molecule has 7 nitrogen and oxygen atoms in total. The number of nitrogens with one attached hydrogen (secondary N) is 2. The second kappa shape index (κ2) is 8.35. The fourth-order valence-electron chi connectivity index (χ4n) is 4.19. The van der Waals surface area contributed by atoms with Crippen molar-refractivity contribution in [2.45, 2.75) is 46.1 Å². The number of urea groups is 1. The highest BCUT2D eigenvalue weighted by atomic mass is 16.5. The highest BCUT2D eigenvalue weighted by molar-refractivity contribution is 5.93. The predicted octanol–water partition coefficient (Wildman–Crippen LogP) is 3.52. The number of aliphatic imine (C=N–C) groups is 1. The van der Waals surface area contributed by atoms with Gasteiger partial charge in [-0.2, -0.15) is 0 Å². The molecule has 7 heteroatoms. The lowest BCUT2D eigenvalue weighted by atomic mass is 9.63. The SMILES string of the molecule is COC(=O)c1cccc(NC(=O)NCC2(C)CC(N=C=O)CC(C)(C)C2)c1. The first-order valence-electron chi connectivity index (χ1n) is 8.97. The maximum atomic E-state index is 12.3. The third kappa shape index (κ3) is 5.93.